The Morgan fingerprint density at radius 3 is 2.52 bits per heavy atom. The Morgan fingerprint density at radius 1 is 1.00 bits per heavy atom. The highest BCUT2D eigenvalue weighted by Gasteiger charge is 2.33. The van der Waals surface area contributed by atoms with Crippen LogP contribution in [0.25, 0.3) is 11.0 Å². The Balaban J connectivity index is 1.47. The summed E-state index contributed by atoms with van der Waals surface area (Å²) in [6.45, 7) is 0.0682. The molecule has 0 fully saturated rings. The summed E-state index contributed by atoms with van der Waals surface area (Å²) in [7, 11) is 1.64. The quantitative estimate of drug-likeness (QED) is 0.501. The molecule has 0 spiro atoms. The Kier molecular flexibility index (Phi) is 4.92. The van der Waals surface area contributed by atoms with E-state index in [-0.39, 0.29) is 18.5 Å². The zero-order chi connectivity index (χ0) is 21.2. The van der Waals surface area contributed by atoms with E-state index >= 15 is 0 Å². The smallest absolute Gasteiger partial charge is 0.265 e. The van der Waals surface area contributed by atoms with Crippen LogP contribution in [0.4, 0.5) is 0 Å². The number of carbonyl (C=O) groups excluding carboxylic acids is 1. The van der Waals surface area contributed by atoms with Crippen molar-refractivity contribution in [3.05, 3.63) is 90.0 Å². The van der Waals surface area contributed by atoms with E-state index in [1.54, 1.807) is 16.8 Å². The fourth-order valence-electron chi connectivity index (χ4n) is 3.87. The summed E-state index contributed by atoms with van der Waals surface area (Å²) >= 11 is 0. The highest BCUT2D eigenvalue weighted by Crippen LogP contribution is 2.33. The van der Waals surface area contributed by atoms with Crippen LogP contribution in [0.5, 0.6) is 5.75 Å². The summed E-state index contributed by atoms with van der Waals surface area (Å²) < 4.78 is 6.90. The van der Waals surface area contributed by atoms with Gasteiger partial charge in [-0.25, -0.2) is 9.69 Å². The normalized spacial score (nSPS) is 15.8. The molecule has 1 aliphatic heterocycles. The second-order valence-corrected chi connectivity index (χ2v) is 7.38. The molecule has 0 aliphatic carbocycles. The molecular formula is C24H21N5O2. The fourth-order valence-corrected chi connectivity index (χ4v) is 3.87. The average molecular weight is 411 g/mol. The number of hydrogen-bond acceptors (Lipinski definition) is 5. The lowest BCUT2D eigenvalue weighted by Crippen LogP contribution is -2.30. The van der Waals surface area contributed by atoms with Crippen LogP contribution >= 0.6 is 0 Å². The first-order chi connectivity index (χ1) is 15.2. The van der Waals surface area contributed by atoms with Gasteiger partial charge in [0.2, 0.25) is 0 Å². The standard InChI is InChI=1S/C24H21N5O2/c1-31-19-13-11-18(12-14-19)23-15-21(17-7-3-2-4-8-17)26-29(23)24(30)16-28-22-10-6-5-9-20(22)25-27-28/h2-14,23H,15-16H2,1H3/t23-/m0/s1. The second kappa shape index (κ2) is 8.02. The number of fused-ring (bicyclic) bond motifs is 1. The van der Waals surface area contributed by atoms with Gasteiger partial charge in [0.25, 0.3) is 5.91 Å². The summed E-state index contributed by atoms with van der Waals surface area (Å²) in [6.07, 6.45) is 0.639. The van der Waals surface area contributed by atoms with Gasteiger partial charge in [-0.05, 0) is 35.4 Å². The molecule has 0 radical (unpaired) electrons. The monoisotopic (exact) mass is 411 g/mol. The molecule has 2 heterocycles. The lowest BCUT2D eigenvalue weighted by Gasteiger charge is -2.22. The molecule has 0 bridgehead atoms. The number of benzene rings is 3. The molecule has 4 aromatic rings. The van der Waals surface area contributed by atoms with Crippen molar-refractivity contribution in [2.45, 2.75) is 19.0 Å². The van der Waals surface area contributed by atoms with Gasteiger partial charge in [0.1, 0.15) is 17.8 Å². The molecule has 0 unspecified atom stereocenters. The summed E-state index contributed by atoms with van der Waals surface area (Å²) in [5.41, 5.74) is 4.49. The minimum atomic E-state index is -0.191. The number of amides is 1. The first kappa shape index (κ1) is 19.0. The summed E-state index contributed by atoms with van der Waals surface area (Å²) in [6, 6.07) is 25.2. The Labute approximate surface area is 179 Å². The largest absolute Gasteiger partial charge is 0.497 e. The van der Waals surface area contributed by atoms with Crippen molar-refractivity contribution in [3.63, 3.8) is 0 Å². The molecular weight excluding hydrogens is 390 g/mol. The number of methoxy groups -OCH3 is 1. The highest BCUT2D eigenvalue weighted by molar-refractivity contribution is 6.03. The summed E-state index contributed by atoms with van der Waals surface area (Å²) in [5.74, 6) is 0.639. The Hall–Kier alpha value is -4.00. The molecule has 1 aromatic heterocycles. The molecule has 3 aromatic carbocycles. The van der Waals surface area contributed by atoms with Gasteiger partial charge in [0.15, 0.2) is 0 Å². The first-order valence-corrected chi connectivity index (χ1v) is 10.1. The predicted molar refractivity (Wildman–Crippen MR) is 118 cm³/mol. The van der Waals surface area contributed by atoms with Crippen LogP contribution in [-0.2, 0) is 11.3 Å². The Bertz CT molecular complexity index is 1250. The van der Waals surface area contributed by atoms with Crippen LogP contribution < -0.4 is 4.74 Å². The van der Waals surface area contributed by atoms with Crippen LogP contribution in [-0.4, -0.2) is 38.7 Å². The topological polar surface area (TPSA) is 72.6 Å². The van der Waals surface area contributed by atoms with E-state index < -0.39 is 0 Å². The van der Waals surface area contributed by atoms with Crippen molar-refractivity contribution < 1.29 is 9.53 Å². The van der Waals surface area contributed by atoms with Crippen LogP contribution in [0.1, 0.15) is 23.6 Å². The number of aromatic nitrogens is 3. The first-order valence-electron chi connectivity index (χ1n) is 10.1. The van der Waals surface area contributed by atoms with Gasteiger partial charge in [-0.1, -0.05) is 59.8 Å². The van der Waals surface area contributed by atoms with Gasteiger partial charge in [0.05, 0.1) is 24.4 Å². The zero-order valence-corrected chi connectivity index (χ0v) is 17.0. The van der Waals surface area contributed by atoms with Crippen LogP contribution in [0.3, 0.4) is 0 Å². The molecule has 7 heteroatoms. The molecule has 1 aliphatic rings. The lowest BCUT2D eigenvalue weighted by molar-refractivity contribution is -0.133. The third-order valence-electron chi connectivity index (χ3n) is 5.48. The van der Waals surface area contributed by atoms with Crippen molar-refractivity contribution in [1.82, 2.24) is 20.0 Å². The van der Waals surface area contributed by atoms with E-state index in [0.717, 1.165) is 33.6 Å². The minimum absolute atomic E-state index is 0.0682. The number of para-hydroxylation sites is 1. The predicted octanol–water partition coefficient (Wildman–Crippen LogP) is 3.82. The SMILES string of the molecule is COc1ccc([C@@H]2CC(c3ccccc3)=NN2C(=O)Cn2nnc3ccccc32)cc1. The lowest BCUT2D eigenvalue weighted by atomic mass is 9.98. The highest BCUT2D eigenvalue weighted by atomic mass is 16.5. The molecule has 0 saturated carbocycles. The summed E-state index contributed by atoms with van der Waals surface area (Å²) in [4.78, 5) is 13.3. The van der Waals surface area contributed by atoms with Gasteiger partial charge in [-0.2, -0.15) is 5.10 Å². The maximum absolute atomic E-state index is 13.3. The van der Waals surface area contributed by atoms with Crippen molar-refractivity contribution in [1.29, 1.82) is 0 Å². The van der Waals surface area contributed by atoms with Crippen molar-refractivity contribution >= 4 is 22.7 Å². The molecule has 7 nitrogen and oxygen atoms in total. The van der Waals surface area contributed by atoms with E-state index in [1.165, 1.54) is 0 Å². The van der Waals surface area contributed by atoms with E-state index in [0.29, 0.717) is 6.42 Å². The number of ether oxygens (including phenoxy) is 1. The number of nitrogens with zero attached hydrogens (tertiary/aromatic N) is 5. The van der Waals surface area contributed by atoms with Crippen LogP contribution in [0.2, 0.25) is 0 Å². The van der Waals surface area contributed by atoms with Crippen molar-refractivity contribution in [2.24, 2.45) is 5.10 Å². The van der Waals surface area contributed by atoms with Crippen molar-refractivity contribution in [3.8, 4) is 5.75 Å². The Morgan fingerprint density at radius 2 is 1.74 bits per heavy atom. The van der Waals surface area contributed by atoms with Crippen LogP contribution in [0, 0.1) is 0 Å². The maximum Gasteiger partial charge on any atom is 0.265 e. The third kappa shape index (κ3) is 3.66. The van der Waals surface area contributed by atoms with E-state index in [2.05, 4.69) is 10.3 Å². The minimum Gasteiger partial charge on any atom is -0.497 e. The molecule has 5 rings (SSSR count). The molecule has 0 N–H and O–H groups in total. The van der Waals surface area contributed by atoms with E-state index in [9.17, 15) is 4.79 Å². The molecule has 154 valence electrons. The van der Waals surface area contributed by atoms with Crippen molar-refractivity contribution in [2.75, 3.05) is 7.11 Å². The van der Waals surface area contributed by atoms with E-state index in [4.69, 9.17) is 9.84 Å². The van der Waals surface area contributed by atoms with Gasteiger partial charge in [-0.15, -0.1) is 5.10 Å². The molecule has 1 amide bonds. The molecule has 0 saturated heterocycles. The summed E-state index contributed by atoms with van der Waals surface area (Å²) in [5, 5.41) is 14.6. The fraction of sp³-hybridized carbons (Fsp3) is 0.167. The van der Waals surface area contributed by atoms with Crippen LogP contribution in [0.15, 0.2) is 84.0 Å². The van der Waals surface area contributed by atoms with Gasteiger partial charge in [0, 0.05) is 6.42 Å². The number of hydrogen-bond donors (Lipinski definition) is 0. The van der Waals surface area contributed by atoms with E-state index in [1.807, 2.05) is 78.9 Å². The second-order valence-electron chi connectivity index (χ2n) is 7.38. The average Bonchev–Trinajstić information content (AvgIpc) is 3.45. The third-order valence-corrected chi connectivity index (χ3v) is 5.48. The number of rotatable bonds is 5. The molecule has 1 atom stereocenters. The zero-order valence-electron chi connectivity index (χ0n) is 17.0. The van der Waals surface area contributed by atoms with Gasteiger partial charge in [-0.3, -0.25) is 4.79 Å². The van der Waals surface area contributed by atoms with Gasteiger partial charge >= 0.3 is 0 Å². The molecule has 31 heavy (non-hydrogen) atoms. The number of hydrazone groups is 1. The maximum atomic E-state index is 13.3. The van der Waals surface area contributed by atoms with Gasteiger partial charge < -0.3 is 4.74 Å². The number of carbonyl (C=O) groups is 1.